The van der Waals surface area contributed by atoms with Gasteiger partial charge in [-0.15, -0.1) is 23.2 Å². The highest BCUT2D eigenvalue weighted by Crippen LogP contribution is 2.34. The van der Waals surface area contributed by atoms with Crippen molar-refractivity contribution in [1.29, 1.82) is 0 Å². The number of hydrogen-bond acceptors (Lipinski definition) is 0. The molecule has 1 unspecified atom stereocenters. The van der Waals surface area contributed by atoms with Crippen molar-refractivity contribution in [2.24, 2.45) is 0 Å². The van der Waals surface area contributed by atoms with Crippen LogP contribution in [0, 0.1) is 0 Å². The maximum absolute atomic E-state index is 10.7. The highest BCUT2D eigenvalue weighted by atomic mass is 35.6. The summed E-state index contributed by atoms with van der Waals surface area (Å²) in [5.74, 6) is 0.137. The summed E-state index contributed by atoms with van der Waals surface area (Å²) in [6, 6.07) is 0. The van der Waals surface area contributed by atoms with Crippen LogP contribution in [0.2, 0.25) is 0 Å². The van der Waals surface area contributed by atoms with Crippen LogP contribution in [0.5, 0.6) is 0 Å². The van der Waals surface area contributed by atoms with E-state index in [1.165, 1.54) is 0 Å². The van der Waals surface area contributed by atoms with Gasteiger partial charge in [-0.25, -0.2) is 0 Å². The molecule has 0 aliphatic rings. The van der Waals surface area contributed by atoms with Gasteiger partial charge in [-0.3, -0.25) is 0 Å². The standard InChI is InChI=1S/C3H3Cl5.C3H3F3/c4-1-2(5)3(6,7)8;1-2-3(4,5)6/h2H,1H2;2H,1H2. The summed E-state index contributed by atoms with van der Waals surface area (Å²) in [5.41, 5.74) is 0. The second-order valence-corrected chi connectivity index (χ2v) is 5.11. The zero-order valence-electron chi connectivity index (χ0n) is 6.59. The average molecular weight is 312 g/mol. The predicted octanol–water partition coefficient (Wildman–Crippen LogP) is 4.94. The van der Waals surface area contributed by atoms with E-state index in [-0.39, 0.29) is 12.0 Å². The molecule has 0 aromatic heterocycles. The van der Waals surface area contributed by atoms with Gasteiger partial charge in [-0.2, -0.15) is 13.2 Å². The zero-order chi connectivity index (χ0) is 12.0. The van der Waals surface area contributed by atoms with Gasteiger partial charge in [0.25, 0.3) is 0 Å². The van der Waals surface area contributed by atoms with E-state index >= 15 is 0 Å². The quantitative estimate of drug-likeness (QED) is 0.475. The first-order valence-electron chi connectivity index (χ1n) is 3.01. The summed E-state index contributed by atoms with van der Waals surface area (Å²) >= 11 is 26.6. The van der Waals surface area contributed by atoms with Gasteiger partial charge < -0.3 is 0 Å². The van der Waals surface area contributed by atoms with Gasteiger partial charge in [0.05, 0.1) is 5.38 Å². The van der Waals surface area contributed by atoms with Crippen molar-refractivity contribution < 1.29 is 13.2 Å². The molecule has 0 rings (SSSR count). The summed E-state index contributed by atoms with van der Waals surface area (Å²) in [6.45, 7) is 2.51. The van der Waals surface area contributed by atoms with Crippen molar-refractivity contribution >= 4 is 58.0 Å². The SMILES string of the molecule is C=CC(F)(F)F.ClCC(Cl)C(Cl)(Cl)Cl. The molecule has 0 aromatic rings. The molecule has 0 amide bonds. The number of allylic oxidation sites excluding steroid dienone is 1. The van der Waals surface area contributed by atoms with E-state index in [1.807, 2.05) is 0 Å². The Bertz CT molecular complexity index is 162. The third-order valence-electron chi connectivity index (χ3n) is 0.722. The number of alkyl halides is 8. The lowest BCUT2D eigenvalue weighted by molar-refractivity contribution is -0.0795. The van der Waals surface area contributed by atoms with Crippen LogP contribution in [0.4, 0.5) is 13.2 Å². The van der Waals surface area contributed by atoms with Crippen LogP contribution in [-0.4, -0.2) is 21.2 Å². The molecule has 0 aliphatic heterocycles. The topological polar surface area (TPSA) is 0 Å². The van der Waals surface area contributed by atoms with Crippen molar-refractivity contribution in [2.45, 2.75) is 15.3 Å². The number of hydrogen-bond donors (Lipinski definition) is 0. The molecule has 0 fully saturated rings. The summed E-state index contributed by atoms with van der Waals surface area (Å²) in [4.78, 5) is 0. The third kappa shape index (κ3) is 13.0. The molecule has 0 N–H and O–H groups in total. The highest BCUT2D eigenvalue weighted by Gasteiger charge is 2.29. The molecule has 8 heteroatoms. The summed E-state index contributed by atoms with van der Waals surface area (Å²) in [7, 11) is 0. The van der Waals surface area contributed by atoms with Gasteiger partial charge in [0.1, 0.15) is 0 Å². The first-order valence-corrected chi connectivity index (χ1v) is 5.12. The van der Waals surface area contributed by atoms with Gasteiger partial charge in [-0.1, -0.05) is 41.4 Å². The molecule has 0 aromatic carbocycles. The molecular weight excluding hydrogens is 306 g/mol. The van der Waals surface area contributed by atoms with Gasteiger partial charge in [0.2, 0.25) is 3.79 Å². The molecule has 0 heterocycles. The van der Waals surface area contributed by atoms with Crippen LogP contribution in [0.15, 0.2) is 12.7 Å². The first-order chi connectivity index (χ1) is 6.04. The highest BCUT2D eigenvalue weighted by molar-refractivity contribution is 6.70. The van der Waals surface area contributed by atoms with E-state index in [9.17, 15) is 13.2 Å². The Morgan fingerprint density at radius 3 is 1.50 bits per heavy atom. The lowest BCUT2D eigenvalue weighted by Gasteiger charge is -2.13. The van der Waals surface area contributed by atoms with E-state index in [0.717, 1.165) is 0 Å². The van der Waals surface area contributed by atoms with E-state index in [0.29, 0.717) is 0 Å². The molecule has 0 saturated carbocycles. The van der Waals surface area contributed by atoms with Gasteiger partial charge in [0.15, 0.2) is 0 Å². The second-order valence-electron chi connectivity index (χ2n) is 1.91. The largest absolute Gasteiger partial charge is 0.409 e. The Labute approximate surface area is 105 Å². The Balaban J connectivity index is 0. The molecule has 86 valence electrons. The first kappa shape index (κ1) is 17.4. The molecule has 0 aliphatic carbocycles. The van der Waals surface area contributed by atoms with Crippen LogP contribution in [-0.2, 0) is 0 Å². The monoisotopic (exact) mass is 310 g/mol. The van der Waals surface area contributed by atoms with Gasteiger partial charge >= 0.3 is 6.18 Å². The second kappa shape index (κ2) is 7.29. The van der Waals surface area contributed by atoms with Crippen LogP contribution >= 0.6 is 58.0 Å². The van der Waals surface area contributed by atoms with Crippen molar-refractivity contribution in [3.63, 3.8) is 0 Å². The average Bonchev–Trinajstić information content (AvgIpc) is 2.01. The smallest absolute Gasteiger partial charge is 0.167 e. The van der Waals surface area contributed by atoms with Crippen molar-refractivity contribution in [1.82, 2.24) is 0 Å². The maximum atomic E-state index is 10.7. The van der Waals surface area contributed by atoms with Crippen LogP contribution in [0.1, 0.15) is 0 Å². The number of rotatable bonds is 1. The van der Waals surface area contributed by atoms with Gasteiger partial charge in [-0.05, 0) is 0 Å². The Hall–Kier alpha value is 0.980. The molecule has 0 bridgehead atoms. The Kier molecular flexibility index (Phi) is 9.04. The lowest BCUT2D eigenvalue weighted by Crippen LogP contribution is -2.20. The van der Waals surface area contributed by atoms with Crippen LogP contribution < -0.4 is 0 Å². The minimum Gasteiger partial charge on any atom is -0.167 e. The number of halogens is 8. The maximum Gasteiger partial charge on any atom is 0.409 e. The molecule has 0 saturated heterocycles. The minimum absolute atomic E-state index is 0.0625. The Morgan fingerprint density at radius 2 is 1.50 bits per heavy atom. The van der Waals surface area contributed by atoms with E-state index in [1.54, 1.807) is 0 Å². The molecular formula is C6H6Cl5F3. The zero-order valence-corrected chi connectivity index (χ0v) is 10.4. The van der Waals surface area contributed by atoms with Crippen molar-refractivity contribution in [3.8, 4) is 0 Å². The molecule has 0 nitrogen and oxygen atoms in total. The lowest BCUT2D eigenvalue weighted by atomic mass is 10.5. The predicted molar refractivity (Wildman–Crippen MR) is 56.9 cm³/mol. The summed E-state index contributed by atoms with van der Waals surface area (Å²) < 4.78 is 30.6. The van der Waals surface area contributed by atoms with E-state index in [2.05, 4.69) is 6.58 Å². The van der Waals surface area contributed by atoms with Crippen LogP contribution in [0.3, 0.4) is 0 Å². The fraction of sp³-hybridized carbons (Fsp3) is 0.667. The summed E-state index contributed by atoms with van der Waals surface area (Å²) in [6.07, 6.45) is -4.26. The Morgan fingerprint density at radius 1 is 1.21 bits per heavy atom. The molecule has 0 radical (unpaired) electrons. The molecule has 14 heavy (non-hydrogen) atoms. The molecule has 1 atom stereocenters. The van der Waals surface area contributed by atoms with Crippen molar-refractivity contribution in [2.75, 3.05) is 5.88 Å². The molecule has 0 spiro atoms. The van der Waals surface area contributed by atoms with Crippen LogP contribution in [0.25, 0.3) is 0 Å². The third-order valence-corrected chi connectivity index (χ3v) is 2.80. The normalized spacial score (nSPS) is 14.0. The van der Waals surface area contributed by atoms with Gasteiger partial charge in [0, 0.05) is 12.0 Å². The minimum atomic E-state index is -4.19. The fourth-order valence-electron chi connectivity index (χ4n) is 0.0875. The van der Waals surface area contributed by atoms with Crippen molar-refractivity contribution in [3.05, 3.63) is 12.7 Å². The fourth-order valence-corrected chi connectivity index (χ4v) is 0.787. The summed E-state index contributed by atoms with van der Waals surface area (Å²) in [5, 5.41) is -0.617. The van der Waals surface area contributed by atoms with E-state index < -0.39 is 15.3 Å². The van der Waals surface area contributed by atoms with E-state index in [4.69, 9.17) is 58.0 Å².